The summed E-state index contributed by atoms with van der Waals surface area (Å²) in [6.07, 6.45) is 6.25. The lowest BCUT2D eigenvalue weighted by molar-refractivity contribution is 0.960. The largest absolute Gasteiger partial charge is 0.378 e. The van der Waals surface area contributed by atoms with E-state index in [0.717, 1.165) is 15.9 Å². The predicted octanol–water partition coefficient (Wildman–Crippen LogP) is 4.36. The third kappa shape index (κ3) is 5.48. The SMILES string of the molecule is C=C(/C=C(\NC)Nc1nc(NCc2ccc(N(C)C)cc2)ncc1Br)C1CC1. The first-order valence-corrected chi connectivity index (χ1v) is 10.1. The van der Waals surface area contributed by atoms with Crippen molar-refractivity contribution in [1.82, 2.24) is 15.3 Å². The first kappa shape index (κ1) is 20.2. The van der Waals surface area contributed by atoms with Crippen molar-refractivity contribution in [2.24, 2.45) is 5.92 Å². The van der Waals surface area contributed by atoms with E-state index in [-0.39, 0.29) is 0 Å². The monoisotopic (exact) mass is 442 g/mol. The molecule has 0 saturated heterocycles. The molecule has 1 saturated carbocycles. The minimum absolute atomic E-state index is 0.568. The molecule has 0 unspecified atom stereocenters. The molecule has 7 heteroatoms. The summed E-state index contributed by atoms with van der Waals surface area (Å²) in [6, 6.07) is 8.41. The van der Waals surface area contributed by atoms with Gasteiger partial charge in [-0.15, -0.1) is 0 Å². The summed E-state index contributed by atoms with van der Waals surface area (Å²) in [5.74, 6) is 2.75. The summed E-state index contributed by atoms with van der Waals surface area (Å²) < 4.78 is 0.798. The molecule has 0 aliphatic heterocycles. The van der Waals surface area contributed by atoms with Crippen LogP contribution >= 0.6 is 15.9 Å². The Morgan fingerprint density at radius 1 is 1.29 bits per heavy atom. The molecule has 148 valence electrons. The first-order chi connectivity index (χ1) is 13.5. The van der Waals surface area contributed by atoms with Crippen LogP contribution in [-0.2, 0) is 6.54 Å². The molecule has 1 aliphatic carbocycles. The van der Waals surface area contributed by atoms with Crippen LogP contribution in [0.4, 0.5) is 17.5 Å². The van der Waals surface area contributed by atoms with Gasteiger partial charge in [-0.25, -0.2) is 4.98 Å². The lowest BCUT2D eigenvalue weighted by Gasteiger charge is -2.14. The van der Waals surface area contributed by atoms with Crippen molar-refractivity contribution in [3.63, 3.8) is 0 Å². The van der Waals surface area contributed by atoms with Gasteiger partial charge in [0, 0.05) is 39.6 Å². The summed E-state index contributed by atoms with van der Waals surface area (Å²) >= 11 is 3.52. The van der Waals surface area contributed by atoms with Gasteiger partial charge in [-0.3, -0.25) is 0 Å². The first-order valence-electron chi connectivity index (χ1n) is 9.34. The molecule has 0 radical (unpaired) electrons. The fraction of sp³-hybridized carbons (Fsp3) is 0.333. The molecular formula is C21H27BrN6. The molecule has 1 heterocycles. The number of hydrogen-bond acceptors (Lipinski definition) is 6. The Labute approximate surface area is 175 Å². The third-order valence-electron chi connectivity index (χ3n) is 4.60. The highest BCUT2D eigenvalue weighted by atomic mass is 79.9. The number of hydrogen-bond donors (Lipinski definition) is 3. The van der Waals surface area contributed by atoms with Crippen LogP contribution in [0.15, 0.2) is 59.0 Å². The Morgan fingerprint density at radius 2 is 2.00 bits per heavy atom. The van der Waals surface area contributed by atoms with Crippen molar-refractivity contribution in [2.75, 3.05) is 36.7 Å². The average molecular weight is 443 g/mol. The molecule has 1 aromatic carbocycles. The van der Waals surface area contributed by atoms with Gasteiger partial charge in [0.1, 0.15) is 5.82 Å². The number of allylic oxidation sites excluding steroid dienone is 2. The van der Waals surface area contributed by atoms with Crippen LogP contribution in [0.5, 0.6) is 0 Å². The van der Waals surface area contributed by atoms with Crippen LogP contribution in [0.25, 0.3) is 0 Å². The van der Waals surface area contributed by atoms with E-state index in [0.29, 0.717) is 24.2 Å². The highest BCUT2D eigenvalue weighted by Gasteiger charge is 2.23. The van der Waals surface area contributed by atoms with Crippen molar-refractivity contribution >= 4 is 33.4 Å². The van der Waals surface area contributed by atoms with E-state index < -0.39 is 0 Å². The standard InChI is InChI=1S/C21H27BrN6/c1-14(16-7-8-16)11-19(23-2)26-20-18(22)13-25-21(27-20)24-12-15-5-9-17(10-6-15)28(3)4/h5-6,9-11,13,16,23H,1,7-8,12H2,2-4H3,(H2,24,25,26,27)/b19-11+. The zero-order valence-electron chi connectivity index (χ0n) is 16.6. The second-order valence-electron chi connectivity index (χ2n) is 7.09. The van der Waals surface area contributed by atoms with Gasteiger partial charge < -0.3 is 20.9 Å². The molecule has 28 heavy (non-hydrogen) atoms. The van der Waals surface area contributed by atoms with Crippen molar-refractivity contribution in [3.8, 4) is 0 Å². The van der Waals surface area contributed by atoms with Gasteiger partial charge in [-0.1, -0.05) is 18.7 Å². The average Bonchev–Trinajstić information content (AvgIpc) is 3.53. The van der Waals surface area contributed by atoms with Gasteiger partial charge in [0.15, 0.2) is 5.82 Å². The Hall–Kier alpha value is -2.54. The third-order valence-corrected chi connectivity index (χ3v) is 5.18. The fourth-order valence-electron chi connectivity index (χ4n) is 2.69. The zero-order chi connectivity index (χ0) is 20.1. The fourth-order valence-corrected chi connectivity index (χ4v) is 2.98. The molecule has 0 spiro atoms. The summed E-state index contributed by atoms with van der Waals surface area (Å²) in [4.78, 5) is 11.0. The summed E-state index contributed by atoms with van der Waals surface area (Å²) in [5, 5.41) is 9.76. The van der Waals surface area contributed by atoms with E-state index in [9.17, 15) is 0 Å². The van der Waals surface area contributed by atoms with Crippen LogP contribution in [0.2, 0.25) is 0 Å². The minimum atomic E-state index is 0.568. The molecule has 1 aliphatic rings. The number of halogens is 1. The van der Waals surface area contributed by atoms with Crippen LogP contribution < -0.4 is 20.9 Å². The zero-order valence-corrected chi connectivity index (χ0v) is 18.2. The molecule has 3 rings (SSSR count). The van der Waals surface area contributed by atoms with E-state index in [1.54, 1.807) is 6.20 Å². The quantitative estimate of drug-likeness (QED) is 0.501. The van der Waals surface area contributed by atoms with Gasteiger partial charge in [0.25, 0.3) is 0 Å². The van der Waals surface area contributed by atoms with Gasteiger partial charge in [0.05, 0.1) is 4.47 Å². The topological polar surface area (TPSA) is 65.1 Å². The Bertz CT molecular complexity index is 856. The van der Waals surface area contributed by atoms with Gasteiger partial charge >= 0.3 is 0 Å². The number of nitrogens with zero attached hydrogens (tertiary/aromatic N) is 3. The molecule has 6 nitrogen and oxygen atoms in total. The summed E-state index contributed by atoms with van der Waals surface area (Å²) in [6.45, 7) is 4.80. The maximum absolute atomic E-state index is 4.59. The van der Waals surface area contributed by atoms with Crippen LogP contribution in [0.3, 0.4) is 0 Å². The normalized spacial score (nSPS) is 13.8. The van der Waals surface area contributed by atoms with E-state index >= 15 is 0 Å². The number of aromatic nitrogens is 2. The molecule has 0 atom stereocenters. The predicted molar refractivity (Wildman–Crippen MR) is 120 cm³/mol. The van der Waals surface area contributed by atoms with Crippen LogP contribution in [0.1, 0.15) is 18.4 Å². The second-order valence-corrected chi connectivity index (χ2v) is 7.94. The lowest BCUT2D eigenvalue weighted by Crippen LogP contribution is -2.17. The minimum Gasteiger partial charge on any atom is -0.378 e. The second kappa shape index (κ2) is 9.10. The molecule has 2 aromatic rings. The number of nitrogens with one attached hydrogen (secondary N) is 3. The summed E-state index contributed by atoms with van der Waals surface area (Å²) in [7, 11) is 5.95. The highest BCUT2D eigenvalue weighted by Crippen LogP contribution is 2.36. The van der Waals surface area contributed by atoms with Gasteiger partial charge in [0.2, 0.25) is 5.95 Å². The van der Waals surface area contributed by atoms with Crippen molar-refractivity contribution in [1.29, 1.82) is 0 Å². The van der Waals surface area contributed by atoms with E-state index in [4.69, 9.17) is 0 Å². The number of anilines is 3. The Kier molecular flexibility index (Phi) is 6.57. The molecule has 1 fully saturated rings. The van der Waals surface area contributed by atoms with E-state index in [1.807, 2.05) is 27.2 Å². The van der Waals surface area contributed by atoms with E-state index in [2.05, 4.69) is 77.6 Å². The van der Waals surface area contributed by atoms with E-state index in [1.165, 1.54) is 24.1 Å². The molecule has 0 bridgehead atoms. The number of rotatable bonds is 9. The molecule has 1 aromatic heterocycles. The van der Waals surface area contributed by atoms with Crippen molar-refractivity contribution in [3.05, 3.63) is 64.5 Å². The molecule has 0 amide bonds. The molecule has 3 N–H and O–H groups in total. The van der Waals surface area contributed by atoms with Crippen LogP contribution in [0, 0.1) is 5.92 Å². The lowest BCUT2D eigenvalue weighted by atomic mass is 10.2. The van der Waals surface area contributed by atoms with Gasteiger partial charge in [-0.2, -0.15) is 4.98 Å². The molecular weight excluding hydrogens is 416 g/mol. The van der Waals surface area contributed by atoms with Gasteiger partial charge in [-0.05, 0) is 64.0 Å². The van der Waals surface area contributed by atoms with Crippen molar-refractivity contribution < 1.29 is 0 Å². The highest BCUT2D eigenvalue weighted by molar-refractivity contribution is 9.10. The Morgan fingerprint density at radius 3 is 2.61 bits per heavy atom. The van der Waals surface area contributed by atoms with Crippen molar-refractivity contribution in [2.45, 2.75) is 19.4 Å². The number of benzene rings is 1. The maximum Gasteiger partial charge on any atom is 0.224 e. The Balaban J connectivity index is 1.65. The smallest absolute Gasteiger partial charge is 0.224 e. The van der Waals surface area contributed by atoms with Crippen LogP contribution in [-0.4, -0.2) is 31.1 Å². The summed E-state index contributed by atoms with van der Waals surface area (Å²) in [5.41, 5.74) is 3.49. The maximum atomic E-state index is 4.59.